The first-order valence-electron chi connectivity index (χ1n) is 12.8. The molecule has 3 aromatic rings. The molecule has 0 saturated heterocycles. The van der Waals surface area contributed by atoms with E-state index in [0.29, 0.717) is 5.56 Å². The van der Waals surface area contributed by atoms with Gasteiger partial charge in [-0.3, -0.25) is 9.59 Å². The van der Waals surface area contributed by atoms with Crippen LogP contribution in [-0.4, -0.2) is 40.8 Å². The second-order valence-electron chi connectivity index (χ2n) is 10.4. The standard InChI is InChI=1S/C30H32F3N3O5/c1-29(2,3)23-10-6-21(7-11-23)19-36(28(40)35-24-12-14-25(15-13-24)41-30(31,32)33)18-20-4-8-22(9-5-20)27(39)34-17-16-26(37)38/h4-15H,16-19H2,1-3H3,(H,34,39)(H,35,40)(H,37,38). The van der Waals surface area contributed by atoms with Crippen LogP contribution in [0.25, 0.3) is 0 Å². The molecule has 41 heavy (non-hydrogen) atoms. The Morgan fingerprint density at radius 3 is 1.85 bits per heavy atom. The molecule has 0 radical (unpaired) electrons. The largest absolute Gasteiger partial charge is 0.573 e. The van der Waals surface area contributed by atoms with E-state index in [9.17, 15) is 27.6 Å². The smallest absolute Gasteiger partial charge is 0.481 e. The summed E-state index contributed by atoms with van der Waals surface area (Å²) in [5, 5.41) is 14.0. The van der Waals surface area contributed by atoms with E-state index in [1.165, 1.54) is 17.0 Å². The summed E-state index contributed by atoms with van der Waals surface area (Å²) >= 11 is 0. The van der Waals surface area contributed by atoms with Gasteiger partial charge >= 0.3 is 18.4 Å². The summed E-state index contributed by atoms with van der Waals surface area (Å²) in [5.74, 6) is -1.83. The average Bonchev–Trinajstić information content (AvgIpc) is 2.88. The zero-order valence-electron chi connectivity index (χ0n) is 22.9. The number of nitrogens with zero attached hydrogens (tertiary/aromatic N) is 1. The first-order valence-corrected chi connectivity index (χ1v) is 12.8. The maximum atomic E-state index is 13.3. The molecule has 3 N–H and O–H groups in total. The van der Waals surface area contributed by atoms with Crippen molar-refractivity contribution in [1.82, 2.24) is 10.2 Å². The van der Waals surface area contributed by atoms with E-state index in [4.69, 9.17) is 5.11 Å². The molecular formula is C30H32F3N3O5. The predicted octanol–water partition coefficient (Wildman–Crippen LogP) is 6.32. The molecule has 0 aliphatic carbocycles. The van der Waals surface area contributed by atoms with E-state index in [0.717, 1.165) is 28.8 Å². The second-order valence-corrected chi connectivity index (χ2v) is 10.4. The third-order valence-electron chi connectivity index (χ3n) is 6.03. The van der Waals surface area contributed by atoms with Crippen LogP contribution >= 0.6 is 0 Å². The molecule has 3 rings (SSSR count). The minimum atomic E-state index is -4.82. The molecule has 0 fully saturated rings. The lowest BCUT2D eigenvalue weighted by molar-refractivity contribution is -0.274. The highest BCUT2D eigenvalue weighted by Crippen LogP contribution is 2.25. The van der Waals surface area contributed by atoms with Gasteiger partial charge in [-0.25, -0.2) is 4.79 Å². The van der Waals surface area contributed by atoms with Crippen molar-refractivity contribution in [2.45, 2.75) is 52.1 Å². The molecule has 8 nitrogen and oxygen atoms in total. The molecule has 0 unspecified atom stereocenters. The van der Waals surface area contributed by atoms with Crippen molar-refractivity contribution in [1.29, 1.82) is 0 Å². The molecule has 218 valence electrons. The number of rotatable bonds is 10. The number of hydrogen-bond donors (Lipinski definition) is 3. The van der Waals surface area contributed by atoms with Gasteiger partial charge in [-0.15, -0.1) is 13.2 Å². The van der Waals surface area contributed by atoms with Gasteiger partial charge in [0.15, 0.2) is 0 Å². The van der Waals surface area contributed by atoms with Crippen LogP contribution in [0.4, 0.5) is 23.7 Å². The number of urea groups is 1. The number of carboxylic acid groups (broad SMARTS) is 1. The van der Waals surface area contributed by atoms with Crippen LogP contribution in [0.15, 0.2) is 72.8 Å². The molecule has 0 aliphatic rings. The van der Waals surface area contributed by atoms with Crippen LogP contribution in [0.3, 0.4) is 0 Å². The van der Waals surface area contributed by atoms with Crippen LogP contribution < -0.4 is 15.4 Å². The number of carbonyl (C=O) groups excluding carboxylic acids is 2. The van der Waals surface area contributed by atoms with Crippen LogP contribution in [0.2, 0.25) is 0 Å². The Morgan fingerprint density at radius 2 is 1.37 bits per heavy atom. The maximum absolute atomic E-state index is 13.3. The van der Waals surface area contributed by atoms with Crippen LogP contribution in [0, 0.1) is 0 Å². The predicted molar refractivity (Wildman–Crippen MR) is 148 cm³/mol. The topological polar surface area (TPSA) is 108 Å². The number of ether oxygens (including phenoxy) is 1. The van der Waals surface area contributed by atoms with Crippen LogP contribution in [-0.2, 0) is 23.3 Å². The van der Waals surface area contributed by atoms with Crippen LogP contribution in [0.1, 0.15) is 54.2 Å². The van der Waals surface area contributed by atoms with Gasteiger partial charge in [0.25, 0.3) is 5.91 Å². The minimum absolute atomic E-state index is 0.00117. The SMILES string of the molecule is CC(C)(C)c1ccc(CN(Cc2ccc(C(=O)NCCC(=O)O)cc2)C(=O)Nc2ccc(OC(F)(F)F)cc2)cc1. The van der Waals surface area contributed by atoms with Gasteiger partial charge in [0.05, 0.1) is 6.42 Å². The van der Waals surface area contributed by atoms with Gasteiger partial charge in [-0.2, -0.15) is 0 Å². The molecule has 0 bridgehead atoms. The summed E-state index contributed by atoms with van der Waals surface area (Å²) < 4.78 is 41.3. The number of hydrogen-bond acceptors (Lipinski definition) is 4. The molecule has 11 heteroatoms. The zero-order valence-corrected chi connectivity index (χ0v) is 22.9. The van der Waals surface area contributed by atoms with Crippen molar-refractivity contribution in [3.63, 3.8) is 0 Å². The van der Waals surface area contributed by atoms with Gasteiger partial charge in [0.1, 0.15) is 5.75 Å². The number of nitrogens with one attached hydrogen (secondary N) is 2. The summed E-state index contributed by atoms with van der Waals surface area (Å²) in [7, 11) is 0. The first-order chi connectivity index (χ1) is 19.2. The highest BCUT2D eigenvalue weighted by Gasteiger charge is 2.31. The lowest BCUT2D eigenvalue weighted by Crippen LogP contribution is -2.34. The van der Waals surface area contributed by atoms with E-state index < -0.39 is 30.0 Å². The fraction of sp³-hybridized carbons (Fsp3) is 0.300. The Balaban J connectivity index is 1.76. The molecule has 0 saturated carbocycles. The fourth-order valence-corrected chi connectivity index (χ4v) is 3.84. The number of anilines is 1. The van der Waals surface area contributed by atoms with Gasteiger partial charge < -0.3 is 25.4 Å². The molecule has 0 aromatic heterocycles. The Hall–Kier alpha value is -4.54. The van der Waals surface area contributed by atoms with E-state index in [1.54, 1.807) is 24.3 Å². The number of halogens is 3. The normalized spacial score (nSPS) is 11.5. The fourth-order valence-electron chi connectivity index (χ4n) is 3.84. The number of aliphatic carboxylic acids is 1. The summed E-state index contributed by atoms with van der Waals surface area (Å²) in [6.07, 6.45) is -5.01. The van der Waals surface area contributed by atoms with E-state index in [-0.39, 0.29) is 37.2 Å². The first kappa shape index (κ1) is 31.0. The monoisotopic (exact) mass is 571 g/mol. The van der Waals surface area contributed by atoms with Gasteiger partial charge in [-0.1, -0.05) is 57.2 Å². The number of alkyl halides is 3. The number of benzene rings is 3. The molecule has 3 aromatic carbocycles. The molecule has 0 spiro atoms. The number of carbonyl (C=O) groups is 3. The summed E-state index contributed by atoms with van der Waals surface area (Å²) in [5.41, 5.74) is 3.31. The van der Waals surface area contributed by atoms with Crippen molar-refractivity contribution < 1.29 is 37.4 Å². The zero-order chi connectivity index (χ0) is 30.2. The summed E-state index contributed by atoms with van der Waals surface area (Å²) in [4.78, 5) is 37.8. The maximum Gasteiger partial charge on any atom is 0.573 e. The number of amides is 3. The van der Waals surface area contributed by atoms with E-state index in [2.05, 4.69) is 36.1 Å². The average molecular weight is 572 g/mol. The summed E-state index contributed by atoms with van der Waals surface area (Å²) in [6.45, 7) is 6.71. The van der Waals surface area contributed by atoms with Crippen molar-refractivity contribution in [2.75, 3.05) is 11.9 Å². The van der Waals surface area contributed by atoms with Crippen molar-refractivity contribution in [3.8, 4) is 5.75 Å². The van der Waals surface area contributed by atoms with Crippen LogP contribution in [0.5, 0.6) is 5.75 Å². The Labute approximate surface area is 236 Å². The van der Waals surface area contributed by atoms with Crippen molar-refractivity contribution in [3.05, 3.63) is 95.1 Å². The molecule has 0 heterocycles. The van der Waals surface area contributed by atoms with Gasteiger partial charge in [-0.05, 0) is 58.5 Å². The molecule has 0 atom stereocenters. The highest BCUT2D eigenvalue weighted by atomic mass is 19.4. The molecular weight excluding hydrogens is 539 g/mol. The Kier molecular flexibility index (Phi) is 9.99. The van der Waals surface area contributed by atoms with Gasteiger partial charge in [0, 0.05) is 30.9 Å². The third kappa shape index (κ3) is 10.2. The Bertz CT molecular complexity index is 1330. The van der Waals surface area contributed by atoms with E-state index in [1.807, 2.05) is 24.3 Å². The van der Waals surface area contributed by atoms with Crippen molar-refractivity contribution in [2.24, 2.45) is 0 Å². The van der Waals surface area contributed by atoms with Gasteiger partial charge in [0.2, 0.25) is 0 Å². The van der Waals surface area contributed by atoms with E-state index >= 15 is 0 Å². The highest BCUT2D eigenvalue weighted by molar-refractivity contribution is 5.94. The molecule has 0 aliphatic heterocycles. The third-order valence-corrected chi connectivity index (χ3v) is 6.03. The number of carboxylic acids is 1. The lowest BCUT2D eigenvalue weighted by Gasteiger charge is -2.25. The Morgan fingerprint density at radius 1 is 0.829 bits per heavy atom. The second kappa shape index (κ2) is 13.2. The minimum Gasteiger partial charge on any atom is -0.481 e. The lowest BCUT2D eigenvalue weighted by atomic mass is 9.87. The summed E-state index contributed by atoms with van der Waals surface area (Å²) in [6, 6.07) is 18.8. The quantitative estimate of drug-likeness (QED) is 0.264. The molecule has 3 amide bonds. The van der Waals surface area contributed by atoms with Crippen molar-refractivity contribution >= 4 is 23.6 Å².